The molecule has 0 saturated carbocycles. The lowest BCUT2D eigenvalue weighted by Gasteiger charge is -2.26. The Labute approximate surface area is 223 Å². The fourth-order valence-electron chi connectivity index (χ4n) is 5.03. The molecule has 2 aromatic carbocycles. The van der Waals surface area contributed by atoms with Crippen molar-refractivity contribution in [1.82, 2.24) is 14.9 Å². The van der Waals surface area contributed by atoms with Crippen molar-refractivity contribution in [3.8, 4) is 5.75 Å². The first-order chi connectivity index (χ1) is 18.7. The first-order valence-corrected chi connectivity index (χ1v) is 13.4. The van der Waals surface area contributed by atoms with Gasteiger partial charge in [-0.1, -0.05) is 18.2 Å². The third kappa shape index (κ3) is 6.29. The molecular formula is C31H34N4O3. The summed E-state index contributed by atoms with van der Waals surface area (Å²) in [7, 11) is 0. The van der Waals surface area contributed by atoms with E-state index in [4.69, 9.17) is 4.74 Å². The second kappa shape index (κ2) is 12.5. The largest absolute Gasteiger partial charge is 0.494 e. The molecule has 1 fully saturated rings. The number of benzene rings is 2. The van der Waals surface area contributed by atoms with Crippen molar-refractivity contribution >= 4 is 22.4 Å². The molecule has 5 rings (SSSR count). The maximum Gasteiger partial charge on any atom is 0.258 e. The van der Waals surface area contributed by atoms with Crippen LogP contribution in [-0.2, 0) is 11.3 Å². The van der Waals surface area contributed by atoms with Crippen LogP contribution < -0.4 is 20.5 Å². The average molecular weight is 511 g/mol. The van der Waals surface area contributed by atoms with Crippen LogP contribution in [0.25, 0.3) is 10.8 Å². The Kier molecular flexibility index (Phi) is 8.46. The highest BCUT2D eigenvalue weighted by Crippen LogP contribution is 2.24. The zero-order valence-electron chi connectivity index (χ0n) is 21.6. The van der Waals surface area contributed by atoms with Gasteiger partial charge in [-0.25, -0.2) is 0 Å². The van der Waals surface area contributed by atoms with Crippen molar-refractivity contribution in [2.75, 3.05) is 24.6 Å². The van der Waals surface area contributed by atoms with E-state index in [-0.39, 0.29) is 17.5 Å². The highest BCUT2D eigenvalue weighted by Gasteiger charge is 2.19. The van der Waals surface area contributed by atoms with Gasteiger partial charge in [-0.3, -0.25) is 14.6 Å². The molecule has 1 unspecified atom stereocenters. The molecule has 196 valence electrons. The fourth-order valence-corrected chi connectivity index (χ4v) is 5.03. The van der Waals surface area contributed by atoms with E-state index < -0.39 is 0 Å². The van der Waals surface area contributed by atoms with Crippen LogP contribution in [0, 0.1) is 0 Å². The van der Waals surface area contributed by atoms with Crippen LogP contribution in [0.1, 0.15) is 43.7 Å². The highest BCUT2D eigenvalue weighted by atomic mass is 16.5. The Hall–Kier alpha value is -3.97. The predicted octanol–water partition coefficient (Wildman–Crippen LogP) is 5.10. The molecular weight excluding hydrogens is 476 g/mol. The van der Waals surface area contributed by atoms with Crippen LogP contribution in [0.5, 0.6) is 5.75 Å². The van der Waals surface area contributed by atoms with E-state index in [1.807, 2.05) is 90.2 Å². The number of aromatic nitrogens is 2. The predicted molar refractivity (Wildman–Crippen MR) is 151 cm³/mol. The maximum absolute atomic E-state index is 12.8. The lowest BCUT2D eigenvalue weighted by atomic mass is 10.0. The van der Waals surface area contributed by atoms with E-state index in [2.05, 4.69) is 10.3 Å². The van der Waals surface area contributed by atoms with Crippen molar-refractivity contribution < 1.29 is 9.53 Å². The number of hydrogen-bond acceptors (Lipinski definition) is 5. The summed E-state index contributed by atoms with van der Waals surface area (Å²) < 4.78 is 7.77. The molecule has 1 aliphatic heterocycles. The smallest absolute Gasteiger partial charge is 0.258 e. The number of carbonyl (C=O) groups is 1. The number of piperidine rings is 1. The van der Waals surface area contributed by atoms with Gasteiger partial charge in [0.1, 0.15) is 5.75 Å². The monoisotopic (exact) mass is 510 g/mol. The number of carbonyl (C=O) groups excluding carboxylic acids is 1. The molecule has 0 spiro atoms. The number of ether oxygens (including phenoxy) is 1. The van der Waals surface area contributed by atoms with Crippen molar-refractivity contribution in [3.63, 3.8) is 0 Å². The van der Waals surface area contributed by atoms with Crippen LogP contribution >= 0.6 is 0 Å². The van der Waals surface area contributed by atoms with Gasteiger partial charge in [0.25, 0.3) is 5.56 Å². The van der Waals surface area contributed by atoms with Crippen LogP contribution in [0.2, 0.25) is 0 Å². The maximum atomic E-state index is 12.8. The summed E-state index contributed by atoms with van der Waals surface area (Å²) in [5.74, 6) is 1.01. The first-order valence-electron chi connectivity index (χ1n) is 13.4. The standard InChI is InChI=1S/C31H34N4O3/c36-30-9-3-4-20-35(30)26-10-12-27(13-11-26)38-23-5-8-29(25-14-17-32-18-15-25)33-19-22-34-21-16-24-6-1-2-7-28(24)31(34)37/h1-2,6-7,10-18,21,29,33H,3-5,8-9,19-20,22-23H2. The second-order valence-corrected chi connectivity index (χ2v) is 9.68. The van der Waals surface area contributed by atoms with E-state index >= 15 is 0 Å². The molecule has 3 heterocycles. The van der Waals surface area contributed by atoms with E-state index in [0.717, 1.165) is 54.4 Å². The van der Waals surface area contributed by atoms with E-state index in [0.29, 0.717) is 26.1 Å². The Morgan fingerprint density at radius 3 is 2.58 bits per heavy atom. The van der Waals surface area contributed by atoms with E-state index in [1.165, 1.54) is 5.56 Å². The molecule has 0 radical (unpaired) electrons. The summed E-state index contributed by atoms with van der Waals surface area (Å²) in [5, 5.41) is 5.33. The molecule has 2 aromatic heterocycles. The van der Waals surface area contributed by atoms with Gasteiger partial charge < -0.3 is 19.5 Å². The number of fused-ring (bicyclic) bond motifs is 1. The molecule has 4 aromatic rings. The molecule has 0 aliphatic carbocycles. The van der Waals surface area contributed by atoms with Gasteiger partial charge in [0, 0.05) is 61.8 Å². The fraction of sp³-hybridized carbons (Fsp3) is 0.323. The summed E-state index contributed by atoms with van der Waals surface area (Å²) in [6.07, 6.45) is 9.90. The Morgan fingerprint density at radius 2 is 1.76 bits per heavy atom. The van der Waals surface area contributed by atoms with Gasteiger partial charge in [-0.15, -0.1) is 0 Å². The van der Waals surface area contributed by atoms with Gasteiger partial charge >= 0.3 is 0 Å². The number of nitrogens with zero attached hydrogens (tertiary/aromatic N) is 3. The quantitative estimate of drug-likeness (QED) is 0.284. The van der Waals surface area contributed by atoms with Gasteiger partial charge in [0.2, 0.25) is 5.91 Å². The number of pyridine rings is 2. The highest BCUT2D eigenvalue weighted by molar-refractivity contribution is 5.94. The van der Waals surface area contributed by atoms with Gasteiger partial charge in [-0.05, 0) is 85.2 Å². The zero-order valence-corrected chi connectivity index (χ0v) is 21.6. The molecule has 1 amide bonds. The lowest BCUT2D eigenvalue weighted by Crippen LogP contribution is -2.35. The SMILES string of the molecule is O=C1CCCCN1c1ccc(OCCCC(NCCn2ccc3ccccc3c2=O)c2ccncc2)cc1. The molecule has 1 saturated heterocycles. The van der Waals surface area contributed by atoms with Gasteiger partial charge in [-0.2, -0.15) is 0 Å². The van der Waals surface area contributed by atoms with Crippen molar-refractivity contribution in [2.45, 2.75) is 44.7 Å². The summed E-state index contributed by atoms with van der Waals surface area (Å²) in [4.78, 5) is 31.0. The summed E-state index contributed by atoms with van der Waals surface area (Å²) in [5.41, 5.74) is 2.14. The van der Waals surface area contributed by atoms with Crippen LogP contribution in [0.4, 0.5) is 5.69 Å². The normalized spacial score (nSPS) is 14.5. The van der Waals surface area contributed by atoms with Crippen molar-refractivity contribution in [1.29, 1.82) is 0 Å². The molecule has 0 bridgehead atoms. The Balaban J connectivity index is 1.14. The Morgan fingerprint density at radius 1 is 0.947 bits per heavy atom. The van der Waals surface area contributed by atoms with Gasteiger partial charge in [0.05, 0.1) is 6.61 Å². The molecule has 7 nitrogen and oxygen atoms in total. The first kappa shape index (κ1) is 25.7. The topological polar surface area (TPSA) is 76.5 Å². The average Bonchev–Trinajstić information content (AvgIpc) is 2.97. The van der Waals surface area contributed by atoms with Crippen LogP contribution in [-0.4, -0.2) is 35.2 Å². The molecule has 7 heteroatoms. The molecule has 1 aliphatic rings. The Bertz CT molecular complexity index is 1400. The number of rotatable bonds is 11. The minimum Gasteiger partial charge on any atom is -0.494 e. The third-order valence-corrected chi connectivity index (χ3v) is 7.12. The van der Waals surface area contributed by atoms with Gasteiger partial charge in [0.15, 0.2) is 0 Å². The minimum atomic E-state index is 0.0365. The molecule has 38 heavy (non-hydrogen) atoms. The van der Waals surface area contributed by atoms with Crippen molar-refractivity contribution in [2.24, 2.45) is 0 Å². The minimum absolute atomic E-state index is 0.0365. The molecule has 1 N–H and O–H groups in total. The van der Waals surface area contributed by atoms with Crippen LogP contribution in [0.15, 0.2) is 90.1 Å². The summed E-state index contributed by atoms with van der Waals surface area (Å²) in [6, 6.07) is 21.7. The summed E-state index contributed by atoms with van der Waals surface area (Å²) >= 11 is 0. The van der Waals surface area contributed by atoms with Crippen molar-refractivity contribution in [3.05, 3.63) is 101 Å². The number of amides is 1. The number of anilines is 1. The molecule has 1 atom stereocenters. The third-order valence-electron chi connectivity index (χ3n) is 7.12. The van der Waals surface area contributed by atoms with E-state index in [9.17, 15) is 9.59 Å². The second-order valence-electron chi connectivity index (χ2n) is 9.68. The van der Waals surface area contributed by atoms with E-state index in [1.54, 1.807) is 4.57 Å². The number of hydrogen-bond donors (Lipinski definition) is 1. The van der Waals surface area contributed by atoms with Crippen LogP contribution in [0.3, 0.4) is 0 Å². The zero-order chi connectivity index (χ0) is 26.2. The lowest BCUT2D eigenvalue weighted by molar-refractivity contribution is -0.119. The number of nitrogens with one attached hydrogen (secondary N) is 1. The summed E-state index contributed by atoms with van der Waals surface area (Å²) in [6.45, 7) is 2.64.